The van der Waals surface area contributed by atoms with Gasteiger partial charge in [-0.2, -0.15) is 5.32 Å². The maximum Gasteiger partial charge on any atom is 0.348 e. The third-order valence-corrected chi connectivity index (χ3v) is 2.44. The molecule has 0 unspecified atom stereocenters. The van der Waals surface area contributed by atoms with Gasteiger partial charge in [0.2, 0.25) is 0 Å². The average molecular weight is 226 g/mol. The van der Waals surface area contributed by atoms with Gasteiger partial charge in [0.15, 0.2) is 0 Å². The molecule has 1 aliphatic heterocycles. The monoisotopic (exact) mass is 225 g/mol. The summed E-state index contributed by atoms with van der Waals surface area (Å²) in [6.07, 6.45) is 0. The van der Waals surface area contributed by atoms with Crippen molar-refractivity contribution in [1.82, 2.24) is 5.32 Å². The fourth-order valence-electron chi connectivity index (χ4n) is 1.20. The van der Waals surface area contributed by atoms with Crippen molar-refractivity contribution < 1.29 is 4.79 Å². The minimum absolute atomic E-state index is 0.211. The second-order valence-corrected chi connectivity index (χ2v) is 3.42. The molecule has 1 heterocycles. The quantitative estimate of drug-likeness (QED) is 0.668. The van der Waals surface area contributed by atoms with Crippen LogP contribution in [-0.2, 0) is 0 Å². The maximum absolute atomic E-state index is 11.1. The summed E-state index contributed by atoms with van der Waals surface area (Å²) in [5.74, 6) is 0. The molecule has 2 amide bonds. The zero-order chi connectivity index (χ0) is 8.72. The number of hydrogen-bond acceptors (Lipinski definition) is 1. The number of fused-ring (bicyclic) bond motifs is 1. The first-order valence-electron chi connectivity index (χ1n) is 3.48. The molecule has 0 atom stereocenters. The summed E-state index contributed by atoms with van der Waals surface area (Å²) in [6, 6.07) is 5.36. The highest BCUT2D eigenvalue weighted by molar-refractivity contribution is 9.10. The summed E-state index contributed by atoms with van der Waals surface area (Å²) in [5, 5.41) is 3.85. The fourth-order valence-corrected chi connectivity index (χ4v) is 1.82. The van der Waals surface area contributed by atoms with Crippen molar-refractivity contribution in [3.05, 3.63) is 22.7 Å². The van der Waals surface area contributed by atoms with Crippen LogP contribution >= 0.6 is 15.9 Å². The number of halogens is 1. The third-order valence-electron chi connectivity index (χ3n) is 1.80. The van der Waals surface area contributed by atoms with Gasteiger partial charge >= 0.3 is 6.03 Å². The molecule has 61 valence electrons. The zero-order valence-electron chi connectivity index (χ0n) is 6.41. The van der Waals surface area contributed by atoms with Crippen LogP contribution in [0.1, 0.15) is 0 Å². The van der Waals surface area contributed by atoms with E-state index in [0.717, 1.165) is 15.8 Å². The lowest BCUT2D eigenvalue weighted by molar-refractivity contribution is 0.252. The molecule has 0 aromatic heterocycles. The first-order valence-corrected chi connectivity index (χ1v) is 4.27. The average Bonchev–Trinajstić information content (AvgIpc) is 2.29. The zero-order valence-corrected chi connectivity index (χ0v) is 8.00. The first-order chi connectivity index (χ1) is 5.70. The molecule has 0 saturated heterocycles. The highest BCUT2D eigenvalue weighted by atomic mass is 79.9. The minimum atomic E-state index is -0.211. The molecular weight excluding hydrogens is 220 g/mol. The molecule has 12 heavy (non-hydrogen) atoms. The predicted molar refractivity (Wildman–Crippen MR) is 49.7 cm³/mol. The molecule has 2 rings (SSSR count). The van der Waals surface area contributed by atoms with Crippen LogP contribution in [0.4, 0.5) is 16.2 Å². The van der Waals surface area contributed by atoms with Crippen LogP contribution in [0.2, 0.25) is 0 Å². The van der Waals surface area contributed by atoms with Gasteiger partial charge in [-0.05, 0) is 28.1 Å². The largest absolute Gasteiger partial charge is 0.348 e. The number of hydrogen-bond donors (Lipinski definition) is 0. The van der Waals surface area contributed by atoms with Crippen molar-refractivity contribution in [1.29, 1.82) is 0 Å². The topological polar surface area (TPSA) is 34.4 Å². The molecule has 0 fully saturated rings. The number of para-hydroxylation sites is 1. The van der Waals surface area contributed by atoms with Crippen LogP contribution in [0.15, 0.2) is 22.7 Å². The lowest BCUT2D eigenvalue weighted by Gasteiger charge is -2.08. The number of carbonyl (C=O) groups is 1. The lowest BCUT2D eigenvalue weighted by Crippen LogP contribution is -2.22. The SMILES string of the molecule is CN1C(=O)[N]c2cccc(Br)c21. The number of anilines is 1. The fraction of sp³-hybridized carbons (Fsp3) is 0.125. The van der Waals surface area contributed by atoms with Crippen LogP contribution < -0.4 is 10.2 Å². The van der Waals surface area contributed by atoms with Crippen LogP contribution in [0, 0.1) is 0 Å². The second kappa shape index (κ2) is 2.48. The molecule has 0 spiro atoms. The van der Waals surface area contributed by atoms with E-state index < -0.39 is 0 Å². The van der Waals surface area contributed by atoms with Gasteiger partial charge in [-0.3, -0.25) is 4.90 Å². The van der Waals surface area contributed by atoms with E-state index in [-0.39, 0.29) is 6.03 Å². The van der Waals surface area contributed by atoms with Gasteiger partial charge in [-0.1, -0.05) is 6.07 Å². The lowest BCUT2D eigenvalue weighted by atomic mass is 10.3. The number of carbonyl (C=O) groups excluding carboxylic acids is 1. The summed E-state index contributed by atoms with van der Waals surface area (Å²) < 4.78 is 0.900. The number of nitrogens with zero attached hydrogens (tertiary/aromatic N) is 2. The highest BCUT2D eigenvalue weighted by Gasteiger charge is 2.26. The van der Waals surface area contributed by atoms with Crippen molar-refractivity contribution in [2.45, 2.75) is 0 Å². The minimum Gasteiger partial charge on any atom is -0.292 e. The molecule has 0 N–H and O–H groups in total. The summed E-state index contributed by atoms with van der Waals surface area (Å²) in [6.45, 7) is 0. The molecule has 0 bridgehead atoms. The van der Waals surface area contributed by atoms with E-state index in [1.165, 1.54) is 4.90 Å². The molecule has 4 heteroatoms. The molecule has 0 aliphatic carbocycles. The Labute approximate surface area is 78.5 Å². The second-order valence-electron chi connectivity index (χ2n) is 2.56. The third kappa shape index (κ3) is 0.914. The molecule has 1 radical (unpaired) electrons. The van der Waals surface area contributed by atoms with Gasteiger partial charge in [0.05, 0.1) is 11.4 Å². The Bertz CT molecular complexity index is 351. The van der Waals surface area contributed by atoms with E-state index in [4.69, 9.17) is 0 Å². The van der Waals surface area contributed by atoms with Crippen LogP contribution in [0.3, 0.4) is 0 Å². The Morgan fingerprint density at radius 3 is 2.92 bits per heavy atom. The van der Waals surface area contributed by atoms with Gasteiger partial charge in [0.25, 0.3) is 0 Å². The van der Waals surface area contributed by atoms with E-state index in [0.29, 0.717) is 0 Å². The number of rotatable bonds is 0. The first kappa shape index (κ1) is 7.61. The standard InChI is InChI=1S/C8H6BrN2O/c1-11-7-5(9)3-2-4-6(7)10-8(11)12/h2-4H,1H3. The maximum atomic E-state index is 11.1. The van der Waals surface area contributed by atoms with E-state index in [1.54, 1.807) is 7.05 Å². The Morgan fingerprint density at radius 1 is 1.50 bits per heavy atom. The Balaban J connectivity index is 2.62. The Kier molecular flexibility index (Phi) is 1.58. The molecule has 0 saturated carbocycles. The Hall–Kier alpha value is -1.03. The van der Waals surface area contributed by atoms with Crippen LogP contribution in [-0.4, -0.2) is 13.1 Å². The smallest absolute Gasteiger partial charge is 0.292 e. The molecule has 3 nitrogen and oxygen atoms in total. The summed E-state index contributed by atoms with van der Waals surface area (Å²) >= 11 is 3.36. The summed E-state index contributed by atoms with van der Waals surface area (Å²) in [7, 11) is 1.71. The van der Waals surface area contributed by atoms with Gasteiger partial charge in [0, 0.05) is 11.5 Å². The molecule has 1 aromatic rings. The van der Waals surface area contributed by atoms with E-state index in [1.807, 2.05) is 18.2 Å². The number of benzene rings is 1. The predicted octanol–water partition coefficient (Wildman–Crippen LogP) is 2.25. The molecule has 1 aliphatic rings. The van der Waals surface area contributed by atoms with Crippen molar-refractivity contribution in [3.8, 4) is 0 Å². The van der Waals surface area contributed by atoms with E-state index in [9.17, 15) is 4.79 Å². The van der Waals surface area contributed by atoms with Crippen molar-refractivity contribution in [2.75, 3.05) is 11.9 Å². The van der Waals surface area contributed by atoms with E-state index in [2.05, 4.69) is 21.2 Å². The summed E-state index contributed by atoms with van der Waals surface area (Å²) in [5.41, 5.74) is 1.58. The summed E-state index contributed by atoms with van der Waals surface area (Å²) in [4.78, 5) is 12.6. The van der Waals surface area contributed by atoms with Gasteiger partial charge in [0.1, 0.15) is 0 Å². The van der Waals surface area contributed by atoms with Gasteiger partial charge < -0.3 is 0 Å². The van der Waals surface area contributed by atoms with Crippen molar-refractivity contribution in [3.63, 3.8) is 0 Å². The van der Waals surface area contributed by atoms with Crippen LogP contribution in [0.25, 0.3) is 0 Å². The van der Waals surface area contributed by atoms with Gasteiger partial charge in [-0.25, -0.2) is 4.79 Å². The van der Waals surface area contributed by atoms with Crippen molar-refractivity contribution >= 4 is 33.3 Å². The van der Waals surface area contributed by atoms with Crippen molar-refractivity contribution in [2.24, 2.45) is 0 Å². The molecular formula is C8H6BrN2O. The van der Waals surface area contributed by atoms with Crippen LogP contribution in [0.5, 0.6) is 0 Å². The molecule has 1 aromatic carbocycles. The number of amides is 2. The normalized spacial score (nSPS) is 14.5. The van der Waals surface area contributed by atoms with E-state index >= 15 is 0 Å². The number of urea groups is 1. The highest BCUT2D eigenvalue weighted by Crippen LogP contribution is 2.37. The Morgan fingerprint density at radius 2 is 2.25 bits per heavy atom. The van der Waals surface area contributed by atoms with Gasteiger partial charge in [-0.15, -0.1) is 0 Å².